The van der Waals surface area contributed by atoms with Crippen molar-refractivity contribution in [1.29, 1.82) is 0 Å². The normalized spacial score (nSPS) is 10.7. The number of nitrogens with one attached hydrogen (secondary N) is 1. The van der Waals surface area contributed by atoms with Gasteiger partial charge >= 0.3 is 0 Å². The molecule has 3 heterocycles. The van der Waals surface area contributed by atoms with Gasteiger partial charge < -0.3 is 5.32 Å². The molecule has 0 amide bonds. The standard InChI is InChI=1S/C17H12N4S/c1-2-4-12(5-3-1)14-10-22-17-15(14)16(19-11-20-17)21-13-6-8-18-9-7-13/h1-11H,(H,18,19,20,21). The molecular weight excluding hydrogens is 292 g/mol. The monoisotopic (exact) mass is 304 g/mol. The Morgan fingerprint density at radius 3 is 2.55 bits per heavy atom. The van der Waals surface area contributed by atoms with Crippen molar-refractivity contribution in [2.24, 2.45) is 0 Å². The van der Waals surface area contributed by atoms with E-state index in [-0.39, 0.29) is 0 Å². The summed E-state index contributed by atoms with van der Waals surface area (Å²) >= 11 is 1.63. The van der Waals surface area contributed by atoms with Crippen LogP contribution in [0.4, 0.5) is 11.5 Å². The topological polar surface area (TPSA) is 50.7 Å². The van der Waals surface area contributed by atoms with Crippen LogP contribution in [-0.4, -0.2) is 15.0 Å². The van der Waals surface area contributed by atoms with Crippen LogP contribution in [0.15, 0.2) is 66.6 Å². The third-order valence-corrected chi connectivity index (χ3v) is 4.28. The van der Waals surface area contributed by atoms with Crippen LogP contribution in [0.25, 0.3) is 21.3 Å². The van der Waals surface area contributed by atoms with Gasteiger partial charge in [-0.15, -0.1) is 11.3 Å². The van der Waals surface area contributed by atoms with E-state index in [4.69, 9.17) is 0 Å². The van der Waals surface area contributed by atoms with E-state index in [1.165, 1.54) is 5.56 Å². The van der Waals surface area contributed by atoms with Gasteiger partial charge in [-0.1, -0.05) is 30.3 Å². The zero-order valence-electron chi connectivity index (χ0n) is 11.6. The van der Waals surface area contributed by atoms with Crippen LogP contribution < -0.4 is 5.32 Å². The smallest absolute Gasteiger partial charge is 0.143 e. The quantitative estimate of drug-likeness (QED) is 0.605. The minimum atomic E-state index is 0.816. The van der Waals surface area contributed by atoms with E-state index in [0.717, 1.165) is 27.3 Å². The van der Waals surface area contributed by atoms with Crippen molar-refractivity contribution in [2.45, 2.75) is 0 Å². The molecule has 0 aliphatic rings. The molecule has 4 nitrogen and oxygen atoms in total. The number of fused-ring (bicyclic) bond motifs is 1. The third-order valence-electron chi connectivity index (χ3n) is 3.40. The summed E-state index contributed by atoms with van der Waals surface area (Å²) in [6.07, 6.45) is 5.11. The highest BCUT2D eigenvalue weighted by Gasteiger charge is 2.12. The highest BCUT2D eigenvalue weighted by atomic mass is 32.1. The number of nitrogens with zero attached hydrogens (tertiary/aromatic N) is 3. The Bertz CT molecular complexity index is 904. The summed E-state index contributed by atoms with van der Waals surface area (Å²) in [4.78, 5) is 13.8. The Labute approximate surface area is 131 Å². The Balaban J connectivity index is 1.87. The molecule has 0 aliphatic carbocycles. The van der Waals surface area contributed by atoms with E-state index in [1.807, 2.05) is 30.3 Å². The summed E-state index contributed by atoms with van der Waals surface area (Å²) in [7, 11) is 0. The van der Waals surface area contributed by atoms with Crippen LogP contribution >= 0.6 is 11.3 Å². The lowest BCUT2D eigenvalue weighted by Gasteiger charge is -2.08. The van der Waals surface area contributed by atoms with Crippen LogP contribution in [0.5, 0.6) is 0 Å². The van der Waals surface area contributed by atoms with Crippen molar-refractivity contribution in [1.82, 2.24) is 15.0 Å². The first-order valence-corrected chi connectivity index (χ1v) is 7.74. The van der Waals surface area contributed by atoms with E-state index in [2.05, 4.69) is 37.8 Å². The van der Waals surface area contributed by atoms with Gasteiger partial charge in [-0.2, -0.15) is 0 Å². The lowest BCUT2D eigenvalue weighted by atomic mass is 10.1. The van der Waals surface area contributed by atoms with E-state index < -0.39 is 0 Å². The van der Waals surface area contributed by atoms with Crippen LogP contribution in [0, 0.1) is 0 Å². The molecule has 3 aromatic heterocycles. The molecule has 1 N–H and O–H groups in total. The van der Waals surface area contributed by atoms with E-state index in [1.54, 1.807) is 30.1 Å². The van der Waals surface area contributed by atoms with Crippen LogP contribution in [0.2, 0.25) is 0 Å². The fourth-order valence-electron chi connectivity index (χ4n) is 2.37. The maximum atomic E-state index is 4.42. The molecule has 4 aromatic rings. The number of rotatable bonds is 3. The Morgan fingerprint density at radius 1 is 0.909 bits per heavy atom. The Morgan fingerprint density at radius 2 is 1.73 bits per heavy atom. The molecule has 0 radical (unpaired) electrons. The van der Waals surface area contributed by atoms with Gasteiger partial charge in [0.2, 0.25) is 0 Å². The van der Waals surface area contributed by atoms with Crippen molar-refractivity contribution >= 4 is 33.1 Å². The SMILES string of the molecule is c1ccc(-c2csc3ncnc(Nc4ccncc4)c23)cc1. The second-order valence-electron chi connectivity index (χ2n) is 4.78. The maximum absolute atomic E-state index is 4.42. The average Bonchev–Trinajstić information content (AvgIpc) is 3.02. The number of thiophene rings is 1. The van der Waals surface area contributed by atoms with E-state index in [0.29, 0.717) is 0 Å². The highest BCUT2D eigenvalue weighted by Crippen LogP contribution is 2.37. The molecule has 0 saturated carbocycles. The number of hydrogen-bond acceptors (Lipinski definition) is 5. The van der Waals surface area contributed by atoms with Crippen LogP contribution in [0.1, 0.15) is 0 Å². The van der Waals surface area contributed by atoms with Crippen molar-refractivity contribution in [3.63, 3.8) is 0 Å². The summed E-state index contributed by atoms with van der Waals surface area (Å²) in [5, 5.41) is 6.54. The minimum Gasteiger partial charge on any atom is -0.339 e. The van der Waals surface area contributed by atoms with Crippen molar-refractivity contribution in [2.75, 3.05) is 5.32 Å². The fraction of sp³-hybridized carbons (Fsp3) is 0. The molecule has 22 heavy (non-hydrogen) atoms. The number of aromatic nitrogens is 3. The summed E-state index contributed by atoms with van der Waals surface area (Å²) in [5.74, 6) is 0.816. The highest BCUT2D eigenvalue weighted by molar-refractivity contribution is 7.17. The Kier molecular flexibility index (Phi) is 3.25. The Hall–Kier alpha value is -2.79. The number of pyridine rings is 1. The first kappa shape index (κ1) is 12.9. The average molecular weight is 304 g/mol. The first-order chi connectivity index (χ1) is 10.9. The molecule has 0 aliphatic heterocycles. The molecule has 0 atom stereocenters. The molecule has 0 bridgehead atoms. The van der Waals surface area contributed by atoms with Crippen LogP contribution in [-0.2, 0) is 0 Å². The zero-order chi connectivity index (χ0) is 14.8. The molecule has 0 unspecified atom stereocenters. The lowest BCUT2D eigenvalue weighted by Crippen LogP contribution is -1.95. The van der Waals surface area contributed by atoms with Gasteiger partial charge in [0.25, 0.3) is 0 Å². The maximum Gasteiger partial charge on any atom is 0.143 e. The van der Waals surface area contributed by atoms with Gasteiger partial charge in [-0.25, -0.2) is 9.97 Å². The zero-order valence-corrected chi connectivity index (χ0v) is 12.4. The van der Waals surface area contributed by atoms with Gasteiger partial charge in [-0.3, -0.25) is 4.98 Å². The summed E-state index contributed by atoms with van der Waals surface area (Å²) in [6, 6.07) is 14.1. The lowest BCUT2D eigenvalue weighted by molar-refractivity contribution is 1.23. The van der Waals surface area contributed by atoms with Crippen molar-refractivity contribution < 1.29 is 0 Å². The third kappa shape index (κ3) is 2.31. The van der Waals surface area contributed by atoms with E-state index >= 15 is 0 Å². The largest absolute Gasteiger partial charge is 0.339 e. The first-order valence-electron chi connectivity index (χ1n) is 6.86. The van der Waals surface area contributed by atoms with E-state index in [9.17, 15) is 0 Å². The predicted molar refractivity (Wildman–Crippen MR) is 90.4 cm³/mol. The molecular formula is C17H12N4S. The summed E-state index contributed by atoms with van der Waals surface area (Å²) in [5.41, 5.74) is 3.28. The second-order valence-corrected chi connectivity index (χ2v) is 5.64. The summed E-state index contributed by atoms with van der Waals surface area (Å²) in [6.45, 7) is 0. The molecule has 0 saturated heterocycles. The van der Waals surface area contributed by atoms with Gasteiger partial charge in [0.15, 0.2) is 0 Å². The van der Waals surface area contributed by atoms with Gasteiger partial charge in [0.1, 0.15) is 17.0 Å². The number of benzene rings is 1. The minimum absolute atomic E-state index is 0.816. The molecule has 0 spiro atoms. The fourth-order valence-corrected chi connectivity index (χ4v) is 3.29. The van der Waals surface area contributed by atoms with Crippen molar-refractivity contribution in [3.8, 4) is 11.1 Å². The van der Waals surface area contributed by atoms with Crippen molar-refractivity contribution in [3.05, 3.63) is 66.6 Å². The summed E-state index contributed by atoms with van der Waals surface area (Å²) < 4.78 is 0. The molecule has 1 aromatic carbocycles. The number of hydrogen-bond donors (Lipinski definition) is 1. The molecule has 4 rings (SSSR count). The molecule has 5 heteroatoms. The van der Waals surface area contributed by atoms with Gasteiger partial charge in [-0.05, 0) is 17.7 Å². The van der Waals surface area contributed by atoms with Crippen LogP contribution in [0.3, 0.4) is 0 Å². The molecule has 106 valence electrons. The number of anilines is 2. The van der Waals surface area contributed by atoms with Gasteiger partial charge in [0.05, 0.1) is 5.39 Å². The predicted octanol–water partition coefficient (Wildman–Crippen LogP) is 4.50. The molecule has 0 fully saturated rings. The second kappa shape index (κ2) is 5.54. The van der Waals surface area contributed by atoms with Gasteiger partial charge in [0, 0.05) is 29.0 Å².